The zero-order valence-corrected chi connectivity index (χ0v) is 18.8. The Balaban J connectivity index is 1.32. The first-order valence-corrected chi connectivity index (χ1v) is 12.0. The van der Waals surface area contributed by atoms with E-state index in [4.69, 9.17) is 0 Å². The van der Waals surface area contributed by atoms with Crippen LogP contribution in [0.3, 0.4) is 0 Å². The molecule has 6 nitrogen and oxygen atoms in total. The fourth-order valence-electron chi connectivity index (χ4n) is 3.44. The first kappa shape index (κ1) is 20.8. The van der Waals surface area contributed by atoms with Crippen LogP contribution < -0.4 is 9.62 Å². The second-order valence-corrected chi connectivity index (χ2v) is 9.81. The summed E-state index contributed by atoms with van der Waals surface area (Å²) in [6, 6.07) is 20.2. The summed E-state index contributed by atoms with van der Waals surface area (Å²) >= 11 is 3.32. The molecule has 0 saturated carbocycles. The molecule has 1 aliphatic rings. The number of nitrogens with one attached hydrogen (secondary N) is 1. The summed E-state index contributed by atoms with van der Waals surface area (Å²) < 4.78 is 28.5. The summed E-state index contributed by atoms with van der Waals surface area (Å²) in [5.41, 5.74) is 1.72. The molecule has 1 fully saturated rings. The third-order valence-corrected chi connectivity index (χ3v) is 7.01. The van der Waals surface area contributed by atoms with Gasteiger partial charge in [-0.3, -0.25) is 9.62 Å². The Hall–Kier alpha value is -2.42. The first-order chi connectivity index (χ1) is 14.5. The lowest BCUT2D eigenvalue weighted by Gasteiger charge is -2.35. The van der Waals surface area contributed by atoms with Crippen molar-refractivity contribution in [3.8, 4) is 0 Å². The number of nitrogens with zero attached hydrogens (tertiary/aromatic N) is 3. The standard InChI is InChI=1S/C22H23BrN4O2S/c23-19-6-10-21(11-7-19)30(28,29)25-20-8-4-18(5-9-20)17-26-13-15-27(16-14-26)22-3-1-2-12-24-22/h1-12,25H,13-17H2. The van der Waals surface area contributed by atoms with E-state index in [9.17, 15) is 8.42 Å². The molecule has 0 aliphatic carbocycles. The van der Waals surface area contributed by atoms with Crippen LogP contribution in [0, 0.1) is 0 Å². The Kier molecular flexibility index (Phi) is 6.36. The minimum atomic E-state index is -3.60. The molecule has 8 heteroatoms. The van der Waals surface area contributed by atoms with E-state index in [0.29, 0.717) is 5.69 Å². The van der Waals surface area contributed by atoms with Crippen LogP contribution in [0.4, 0.5) is 11.5 Å². The van der Waals surface area contributed by atoms with Crippen LogP contribution in [0.5, 0.6) is 0 Å². The Morgan fingerprint density at radius 2 is 1.60 bits per heavy atom. The van der Waals surface area contributed by atoms with Gasteiger partial charge in [0.15, 0.2) is 0 Å². The fourth-order valence-corrected chi connectivity index (χ4v) is 4.76. The van der Waals surface area contributed by atoms with E-state index in [0.717, 1.165) is 48.6 Å². The molecule has 0 unspecified atom stereocenters. The second-order valence-electron chi connectivity index (χ2n) is 7.21. The normalized spacial score (nSPS) is 15.2. The molecule has 2 heterocycles. The summed E-state index contributed by atoms with van der Waals surface area (Å²) in [5, 5.41) is 0. The predicted molar refractivity (Wildman–Crippen MR) is 123 cm³/mol. The van der Waals surface area contributed by atoms with Gasteiger partial charge in [-0.1, -0.05) is 34.1 Å². The maximum absolute atomic E-state index is 12.5. The zero-order valence-electron chi connectivity index (χ0n) is 16.4. The quantitative estimate of drug-likeness (QED) is 0.570. The molecule has 0 spiro atoms. The van der Waals surface area contributed by atoms with Gasteiger partial charge in [-0.05, 0) is 54.1 Å². The molecule has 30 heavy (non-hydrogen) atoms. The Labute approximate surface area is 185 Å². The Morgan fingerprint density at radius 1 is 0.900 bits per heavy atom. The minimum absolute atomic E-state index is 0.237. The first-order valence-electron chi connectivity index (χ1n) is 9.75. The van der Waals surface area contributed by atoms with Crippen LogP contribution in [0.15, 0.2) is 82.3 Å². The van der Waals surface area contributed by atoms with Gasteiger partial charge in [0.05, 0.1) is 4.90 Å². The number of hydrogen-bond donors (Lipinski definition) is 1. The Bertz CT molecular complexity index is 1070. The number of sulfonamides is 1. The van der Waals surface area contributed by atoms with Gasteiger partial charge >= 0.3 is 0 Å². The zero-order chi connectivity index (χ0) is 21.0. The number of rotatable bonds is 6. The summed E-state index contributed by atoms with van der Waals surface area (Å²) in [7, 11) is -3.60. The number of anilines is 2. The van der Waals surface area contributed by atoms with Gasteiger partial charge in [0.25, 0.3) is 10.0 Å². The van der Waals surface area contributed by atoms with Crippen LogP contribution in [-0.4, -0.2) is 44.5 Å². The van der Waals surface area contributed by atoms with E-state index in [1.165, 1.54) is 0 Å². The highest BCUT2D eigenvalue weighted by molar-refractivity contribution is 9.10. The number of piperazine rings is 1. The topological polar surface area (TPSA) is 65.5 Å². The van der Waals surface area contributed by atoms with Crippen molar-refractivity contribution in [2.75, 3.05) is 35.8 Å². The third kappa shape index (κ3) is 5.19. The van der Waals surface area contributed by atoms with E-state index in [1.54, 1.807) is 24.3 Å². The molecule has 1 saturated heterocycles. The molecule has 0 amide bonds. The number of hydrogen-bond acceptors (Lipinski definition) is 5. The highest BCUT2D eigenvalue weighted by Crippen LogP contribution is 2.20. The van der Waals surface area contributed by atoms with Crippen molar-refractivity contribution in [2.24, 2.45) is 0 Å². The molecule has 2 aromatic carbocycles. The van der Waals surface area contributed by atoms with Crippen molar-refractivity contribution >= 4 is 37.5 Å². The summed E-state index contributed by atoms with van der Waals surface area (Å²) in [6.07, 6.45) is 1.83. The largest absolute Gasteiger partial charge is 0.354 e. The highest BCUT2D eigenvalue weighted by Gasteiger charge is 2.18. The summed E-state index contributed by atoms with van der Waals surface area (Å²) in [5.74, 6) is 1.03. The van der Waals surface area contributed by atoms with Gasteiger partial charge in [-0.2, -0.15) is 0 Å². The predicted octanol–water partition coefficient (Wildman–Crippen LogP) is 3.97. The maximum Gasteiger partial charge on any atom is 0.261 e. The molecule has 0 bridgehead atoms. The van der Waals surface area contributed by atoms with Gasteiger partial charge in [-0.15, -0.1) is 0 Å². The van der Waals surface area contributed by atoms with Crippen molar-refractivity contribution in [3.05, 3.63) is 83.0 Å². The van der Waals surface area contributed by atoms with Crippen LogP contribution in [0.2, 0.25) is 0 Å². The van der Waals surface area contributed by atoms with Gasteiger partial charge in [0.2, 0.25) is 0 Å². The lowest BCUT2D eigenvalue weighted by molar-refractivity contribution is 0.249. The smallest absolute Gasteiger partial charge is 0.261 e. The SMILES string of the molecule is O=S(=O)(Nc1ccc(CN2CCN(c3ccccn3)CC2)cc1)c1ccc(Br)cc1. The molecular weight excluding hydrogens is 464 g/mol. The summed E-state index contributed by atoms with van der Waals surface area (Å²) in [6.45, 7) is 4.67. The van der Waals surface area contributed by atoms with Crippen molar-refractivity contribution in [2.45, 2.75) is 11.4 Å². The van der Waals surface area contributed by atoms with E-state index in [1.807, 2.05) is 48.7 Å². The van der Waals surface area contributed by atoms with Gasteiger partial charge in [0.1, 0.15) is 5.82 Å². The van der Waals surface area contributed by atoms with Crippen LogP contribution in [-0.2, 0) is 16.6 Å². The molecule has 0 radical (unpaired) electrons. The van der Waals surface area contributed by atoms with Crippen molar-refractivity contribution in [1.29, 1.82) is 0 Å². The van der Waals surface area contributed by atoms with E-state index in [2.05, 4.69) is 35.4 Å². The highest BCUT2D eigenvalue weighted by atomic mass is 79.9. The average molecular weight is 487 g/mol. The second kappa shape index (κ2) is 9.16. The summed E-state index contributed by atoms with van der Waals surface area (Å²) in [4.78, 5) is 9.37. The van der Waals surface area contributed by atoms with Gasteiger partial charge in [0, 0.05) is 49.1 Å². The van der Waals surface area contributed by atoms with Gasteiger partial charge < -0.3 is 4.90 Å². The molecule has 156 valence electrons. The van der Waals surface area contributed by atoms with Crippen molar-refractivity contribution < 1.29 is 8.42 Å². The molecule has 3 aromatic rings. The number of halogens is 1. The average Bonchev–Trinajstić information content (AvgIpc) is 2.76. The number of benzene rings is 2. The molecule has 1 N–H and O–H groups in total. The monoisotopic (exact) mass is 486 g/mol. The minimum Gasteiger partial charge on any atom is -0.354 e. The van der Waals surface area contributed by atoms with Crippen LogP contribution in [0.25, 0.3) is 0 Å². The maximum atomic E-state index is 12.5. The molecule has 0 atom stereocenters. The molecule has 4 rings (SSSR count). The van der Waals surface area contributed by atoms with E-state index >= 15 is 0 Å². The lowest BCUT2D eigenvalue weighted by Crippen LogP contribution is -2.46. The Morgan fingerprint density at radius 3 is 2.23 bits per heavy atom. The molecule has 1 aliphatic heterocycles. The van der Waals surface area contributed by atoms with Crippen LogP contribution >= 0.6 is 15.9 Å². The van der Waals surface area contributed by atoms with Crippen molar-refractivity contribution in [1.82, 2.24) is 9.88 Å². The lowest BCUT2D eigenvalue weighted by atomic mass is 10.2. The third-order valence-electron chi connectivity index (χ3n) is 5.08. The molecule has 1 aromatic heterocycles. The van der Waals surface area contributed by atoms with Crippen molar-refractivity contribution in [3.63, 3.8) is 0 Å². The van der Waals surface area contributed by atoms with Gasteiger partial charge in [-0.25, -0.2) is 13.4 Å². The fraction of sp³-hybridized carbons (Fsp3) is 0.227. The molecular formula is C22H23BrN4O2S. The van der Waals surface area contributed by atoms with Crippen LogP contribution in [0.1, 0.15) is 5.56 Å². The number of aromatic nitrogens is 1. The number of pyridine rings is 1. The van der Waals surface area contributed by atoms with E-state index in [-0.39, 0.29) is 4.90 Å². The van der Waals surface area contributed by atoms with E-state index < -0.39 is 10.0 Å².